The minimum atomic E-state index is 0.912. The molecular weight excluding hydrogens is 198 g/mol. The van der Waals surface area contributed by atoms with Crippen molar-refractivity contribution in [2.75, 3.05) is 18.0 Å². The first kappa shape index (κ1) is 10.7. The Labute approximate surface area is 95.3 Å². The van der Waals surface area contributed by atoms with Crippen molar-refractivity contribution in [3.05, 3.63) is 24.3 Å². The first-order valence-electron chi connectivity index (χ1n) is 5.93. The van der Waals surface area contributed by atoms with Crippen molar-refractivity contribution in [3.63, 3.8) is 0 Å². The van der Waals surface area contributed by atoms with E-state index >= 15 is 0 Å². The quantitative estimate of drug-likeness (QED) is 0.688. The van der Waals surface area contributed by atoms with Crippen LogP contribution in [0.5, 0.6) is 0 Å². The highest BCUT2D eigenvalue weighted by Gasteiger charge is 2.09. The van der Waals surface area contributed by atoms with Gasteiger partial charge in [-0.1, -0.05) is 36.7 Å². The number of hydrogen-bond donors (Lipinski definition) is 0. The van der Waals surface area contributed by atoms with Gasteiger partial charge in [-0.15, -0.1) is 0 Å². The van der Waals surface area contributed by atoms with Gasteiger partial charge < -0.3 is 4.90 Å². The first-order chi connectivity index (χ1) is 7.40. The molecule has 0 bridgehead atoms. The predicted molar refractivity (Wildman–Crippen MR) is 68.4 cm³/mol. The molecular formula is C13H19NSi. The molecule has 0 N–H and O–H groups in total. The highest BCUT2D eigenvalue weighted by molar-refractivity contribution is 6.52. The molecule has 0 amide bonds. The van der Waals surface area contributed by atoms with Gasteiger partial charge in [-0.25, -0.2) is 0 Å². The fraction of sp³-hybridized carbons (Fsp3) is 0.538. The molecule has 2 radical (unpaired) electrons. The highest BCUT2D eigenvalue weighted by atomic mass is 28.2. The van der Waals surface area contributed by atoms with Crippen molar-refractivity contribution >= 4 is 20.4 Å². The number of anilines is 1. The molecule has 2 rings (SSSR count). The summed E-state index contributed by atoms with van der Waals surface area (Å²) in [5.74, 6) is 0. The molecule has 2 heteroatoms. The van der Waals surface area contributed by atoms with E-state index in [0.29, 0.717) is 0 Å². The smallest absolute Gasteiger partial charge is 0.0774 e. The Morgan fingerprint density at radius 3 is 2.47 bits per heavy atom. The standard InChI is InChI=1S/C13H19NSi/c1-15-13-8-6-7-12(11-13)14-9-4-2-3-5-10-14/h6-8,11H,2-5,9-10H2,1H3. The van der Waals surface area contributed by atoms with Crippen LogP contribution in [0.4, 0.5) is 5.69 Å². The number of benzene rings is 1. The molecule has 80 valence electrons. The van der Waals surface area contributed by atoms with Crippen LogP contribution in [0.2, 0.25) is 6.55 Å². The lowest BCUT2D eigenvalue weighted by atomic mass is 10.2. The molecule has 0 spiro atoms. The van der Waals surface area contributed by atoms with E-state index in [1.807, 2.05) is 0 Å². The van der Waals surface area contributed by atoms with E-state index in [2.05, 4.69) is 35.7 Å². The van der Waals surface area contributed by atoms with Crippen LogP contribution in [0.1, 0.15) is 25.7 Å². The maximum Gasteiger partial charge on any atom is 0.0774 e. The fourth-order valence-electron chi connectivity index (χ4n) is 2.19. The van der Waals surface area contributed by atoms with E-state index in [4.69, 9.17) is 0 Å². The molecule has 1 aromatic rings. The zero-order chi connectivity index (χ0) is 10.5. The van der Waals surface area contributed by atoms with Crippen LogP contribution in [0, 0.1) is 0 Å². The van der Waals surface area contributed by atoms with E-state index in [1.165, 1.54) is 49.6 Å². The Morgan fingerprint density at radius 2 is 1.80 bits per heavy atom. The molecule has 1 nitrogen and oxygen atoms in total. The van der Waals surface area contributed by atoms with Crippen LogP contribution in [0.25, 0.3) is 0 Å². The van der Waals surface area contributed by atoms with Gasteiger partial charge in [-0.05, 0) is 25.0 Å². The van der Waals surface area contributed by atoms with Gasteiger partial charge >= 0.3 is 0 Å². The molecule has 0 aliphatic carbocycles. The topological polar surface area (TPSA) is 3.24 Å². The minimum absolute atomic E-state index is 0.912. The summed E-state index contributed by atoms with van der Waals surface area (Å²) in [6, 6.07) is 9.06. The van der Waals surface area contributed by atoms with Crippen LogP contribution in [-0.4, -0.2) is 22.6 Å². The van der Waals surface area contributed by atoms with E-state index < -0.39 is 0 Å². The van der Waals surface area contributed by atoms with Crippen LogP contribution in [0.15, 0.2) is 24.3 Å². The minimum Gasteiger partial charge on any atom is -0.372 e. The van der Waals surface area contributed by atoms with Gasteiger partial charge in [-0.3, -0.25) is 0 Å². The van der Waals surface area contributed by atoms with E-state index in [-0.39, 0.29) is 0 Å². The average molecular weight is 217 g/mol. The summed E-state index contributed by atoms with van der Waals surface area (Å²) in [5, 5.41) is 1.48. The SMILES string of the molecule is C[Si]c1cccc(N2CCCCCC2)c1. The number of rotatable bonds is 2. The van der Waals surface area contributed by atoms with Crippen LogP contribution >= 0.6 is 0 Å². The zero-order valence-corrected chi connectivity index (χ0v) is 10.5. The summed E-state index contributed by atoms with van der Waals surface area (Å²) in [5.41, 5.74) is 1.43. The lowest BCUT2D eigenvalue weighted by Gasteiger charge is -2.23. The summed E-state index contributed by atoms with van der Waals surface area (Å²) in [4.78, 5) is 2.55. The Balaban J connectivity index is 2.12. The first-order valence-corrected chi connectivity index (χ1v) is 7.43. The maximum absolute atomic E-state index is 2.55. The summed E-state index contributed by atoms with van der Waals surface area (Å²) in [6.45, 7) is 4.74. The Hall–Kier alpha value is -0.763. The summed E-state index contributed by atoms with van der Waals surface area (Å²) in [6.07, 6.45) is 5.54. The molecule has 1 aromatic carbocycles. The van der Waals surface area contributed by atoms with Crippen molar-refractivity contribution < 1.29 is 0 Å². The second-order valence-corrected chi connectivity index (χ2v) is 5.28. The van der Waals surface area contributed by atoms with Gasteiger partial charge in [0.05, 0.1) is 9.52 Å². The van der Waals surface area contributed by atoms with E-state index in [1.54, 1.807) is 0 Å². The third kappa shape index (κ3) is 2.85. The average Bonchev–Trinajstić information content (AvgIpc) is 2.58. The molecule has 1 saturated heterocycles. The molecule has 1 heterocycles. The van der Waals surface area contributed by atoms with Gasteiger partial charge in [0.1, 0.15) is 0 Å². The second-order valence-electron chi connectivity index (χ2n) is 4.20. The van der Waals surface area contributed by atoms with Crippen molar-refractivity contribution in [1.29, 1.82) is 0 Å². The summed E-state index contributed by atoms with van der Waals surface area (Å²) in [7, 11) is 0.912. The number of hydrogen-bond acceptors (Lipinski definition) is 1. The van der Waals surface area contributed by atoms with Crippen molar-refractivity contribution in [3.8, 4) is 0 Å². The summed E-state index contributed by atoms with van der Waals surface area (Å²) < 4.78 is 0. The van der Waals surface area contributed by atoms with Gasteiger partial charge in [0, 0.05) is 18.8 Å². The van der Waals surface area contributed by atoms with Crippen molar-refractivity contribution in [2.45, 2.75) is 32.2 Å². The van der Waals surface area contributed by atoms with Gasteiger partial charge in [-0.2, -0.15) is 0 Å². The molecule has 0 aromatic heterocycles. The maximum atomic E-state index is 2.55. The molecule has 0 unspecified atom stereocenters. The Bertz CT molecular complexity index is 303. The lowest BCUT2D eigenvalue weighted by molar-refractivity contribution is 0.726. The van der Waals surface area contributed by atoms with E-state index in [0.717, 1.165) is 9.52 Å². The Morgan fingerprint density at radius 1 is 1.07 bits per heavy atom. The van der Waals surface area contributed by atoms with Crippen LogP contribution in [0.3, 0.4) is 0 Å². The Kier molecular flexibility index (Phi) is 3.84. The molecule has 1 fully saturated rings. The molecule has 0 atom stereocenters. The molecule has 1 aliphatic rings. The van der Waals surface area contributed by atoms with Crippen LogP contribution < -0.4 is 10.1 Å². The second kappa shape index (κ2) is 5.36. The lowest BCUT2D eigenvalue weighted by Crippen LogP contribution is -2.25. The van der Waals surface area contributed by atoms with Gasteiger partial charge in [0.2, 0.25) is 0 Å². The van der Waals surface area contributed by atoms with Crippen molar-refractivity contribution in [1.82, 2.24) is 0 Å². The van der Waals surface area contributed by atoms with Crippen LogP contribution in [-0.2, 0) is 0 Å². The normalized spacial score (nSPS) is 17.5. The van der Waals surface area contributed by atoms with Gasteiger partial charge in [0.25, 0.3) is 0 Å². The third-order valence-corrected chi connectivity index (χ3v) is 3.99. The largest absolute Gasteiger partial charge is 0.372 e. The van der Waals surface area contributed by atoms with Crippen molar-refractivity contribution in [2.24, 2.45) is 0 Å². The zero-order valence-electron chi connectivity index (χ0n) is 9.50. The fourth-order valence-corrected chi connectivity index (χ4v) is 2.74. The number of nitrogens with zero attached hydrogens (tertiary/aromatic N) is 1. The molecule has 15 heavy (non-hydrogen) atoms. The monoisotopic (exact) mass is 217 g/mol. The third-order valence-electron chi connectivity index (χ3n) is 3.11. The molecule has 1 aliphatic heterocycles. The van der Waals surface area contributed by atoms with Gasteiger partial charge in [0.15, 0.2) is 0 Å². The molecule has 0 saturated carbocycles. The predicted octanol–water partition coefficient (Wildman–Crippen LogP) is 2.44. The van der Waals surface area contributed by atoms with E-state index in [9.17, 15) is 0 Å². The summed E-state index contributed by atoms with van der Waals surface area (Å²) >= 11 is 0. The highest BCUT2D eigenvalue weighted by Crippen LogP contribution is 2.17.